The number of hydrogen-bond donors (Lipinski definition) is 0. The fourth-order valence-corrected chi connectivity index (χ4v) is 6.23. The van der Waals surface area contributed by atoms with Crippen molar-refractivity contribution in [3.8, 4) is 0 Å². The summed E-state index contributed by atoms with van der Waals surface area (Å²) in [4.78, 5) is 7.26. The van der Waals surface area contributed by atoms with Crippen molar-refractivity contribution in [1.29, 1.82) is 0 Å². The SMILES string of the molecule is COC1CCC(c2cc(N(COCC[Si](C)(C)C)COCC[Si](C)(C)C)n3ncc(I)c3n2)CC1. The summed E-state index contributed by atoms with van der Waals surface area (Å²) in [6, 6.07) is 4.52. The molecule has 0 atom stereocenters. The highest BCUT2D eigenvalue weighted by Crippen LogP contribution is 2.35. The number of methoxy groups -OCH3 is 1. The van der Waals surface area contributed by atoms with Crippen LogP contribution < -0.4 is 4.90 Å². The summed E-state index contributed by atoms with van der Waals surface area (Å²) < 4.78 is 21.0. The first-order valence-electron chi connectivity index (χ1n) is 12.9. The van der Waals surface area contributed by atoms with Gasteiger partial charge in [-0.2, -0.15) is 9.61 Å². The highest BCUT2D eigenvalue weighted by atomic mass is 127. The van der Waals surface area contributed by atoms with Gasteiger partial charge in [0.05, 0.1) is 15.9 Å². The lowest BCUT2D eigenvalue weighted by molar-refractivity contribution is 0.0655. The van der Waals surface area contributed by atoms with Crippen LogP contribution in [-0.4, -0.2) is 70.6 Å². The lowest BCUT2D eigenvalue weighted by Crippen LogP contribution is -2.33. The average Bonchev–Trinajstić information content (AvgIpc) is 3.17. The van der Waals surface area contributed by atoms with Gasteiger partial charge in [-0.25, -0.2) is 4.98 Å². The molecule has 2 aromatic heterocycles. The summed E-state index contributed by atoms with van der Waals surface area (Å²) >= 11 is 2.34. The molecule has 0 amide bonds. The maximum atomic E-state index is 6.20. The molecule has 35 heavy (non-hydrogen) atoms. The van der Waals surface area contributed by atoms with Crippen LogP contribution in [0.1, 0.15) is 37.3 Å². The predicted octanol–water partition coefficient (Wildman–Crippen LogP) is 6.44. The van der Waals surface area contributed by atoms with Crippen LogP contribution in [0.15, 0.2) is 12.3 Å². The maximum Gasteiger partial charge on any atom is 0.171 e. The molecule has 0 bridgehead atoms. The Bertz CT molecular complexity index is 915. The molecule has 0 N–H and O–H groups in total. The summed E-state index contributed by atoms with van der Waals surface area (Å²) in [5.74, 6) is 1.45. The normalized spacial score (nSPS) is 19.4. The fourth-order valence-electron chi connectivity index (χ4n) is 4.24. The molecule has 2 heterocycles. The van der Waals surface area contributed by atoms with Gasteiger partial charge >= 0.3 is 0 Å². The van der Waals surface area contributed by atoms with E-state index >= 15 is 0 Å². The second-order valence-electron chi connectivity index (χ2n) is 12.2. The predicted molar refractivity (Wildman–Crippen MR) is 158 cm³/mol. The number of halogens is 1. The molecule has 2 aromatic rings. The quantitative estimate of drug-likeness (QED) is 0.110. The Morgan fingerprint density at radius 1 is 0.971 bits per heavy atom. The minimum Gasteiger partial charge on any atom is -0.381 e. The molecule has 3 rings (SSSR count). The van der Waals surface area contributed by atoms with Crippen LogP contribution in [0.2, 0.25) is 51.4 Å². The van der Waals surface area contributed by atoms with E-state index in [4.69, 9.17) is 19.2 Å². The van der Waals surface area contributed by atoms with Crippen LogP contribution in [0.5, 0.6) is 0 Å². The van der Waals surface area contributed by atoms with Gasteiger partial charge in [-0.05, 0) is 60.4 Å². The van der Waals surface area contributed by atoms with Gasteiger partial charge in [0, 0.05) is 54.1 Å². The number of aromatic nitrogens is 3. The van der Waals surface area contributed by atoms with E-state index in [2.05, 4.69) is 77.9 Å². The number of fused-ring (bicyclic) bond motifs is 1. The molecule has 0 aliphatic heterocycles. The first-order chi connectivity index (χ1) is 16.5. The summed E-state index contributed by atoms with van der Waals surface area (Å²) in [6.45, 7) is 16.8. The zero-order valence-corrected chi connectivity index (χ0v) is 26.9. The Morgan fingerprint density at radius 2 is 1.54 bits per heavy atom. The first kappa shape index (κ1) is 29.0. The molecule has 0 saturated heterocycles. The molecular formula is C25H45IN4O3Si2. The second-order valence-corrected chi connectivity index (χ2v) is 24.6. The van der Waals surface area contributed by atoms with Gasteiger partial charge < -0.3 is 19.1 Å². The Kier molecular flexibility index (Phi) is 10.6. The topological polar surface area (TPSA) is 61.1 Å². The monoisotopic (exact) mass is 632 g/mol. The number of rotatable bonds is 13. The smallest absolute Gasteiger partial charge is 0.171 e. The molecule has 0 unspecified atom stereocenters. The second kappa shape index (κ2) is 12.8. The van der Waals surface area contributed by atoms with E-state index in [1.165, 1.54) is 0 Å². The molecule has 198 valence electrons. The van der Waals surface area contributed by atoms with E-state index in [1.807, 2.05) is 17.8 Å². The molecular weight excluding hydrogens is 587 g/mol. The lowest BCUT2D eigenvalue weighted by Gasteiger charge is -2.29. The Labute approximate surface area is 227 Å². The number of ether oxygens (including phenoxy) is 3. The van der Waals surface area contributed by atoms with Crippen molar-refractivity contribution in [2.45, 2.75) is 89.1 Å². The average molecular weight is 633 g/mol. The van der Waals surface area contributed by atoms with E-state index in [0.29, 0.717) is 25.5 Å². The van der Waals surface area contributed by atoms with Crippen molar-refractivity contribution in [1.82, 2.24) is 14.6 Å². The molecule has 1 saturated carbocycles. The van der Waals surface area contributed by atoms with Crippen molar-refractivity contribution >= 4 is 50.2 Å². The highest BCUT2D eigenvalue weighted by Gasteiger charge is 2.26. The Balaban J connectivity index is 1.83. The molecule has 1 aliphatic rings. The molecule has 7 nitrogen and oxygen atoms in total. The van der Waals surface area contributed by atoms with Crippen molar-refractivity contribution in [3.05, 3.63) is 21.5 Å². The third kappa shape index (κ3) is 9.06. The summed E-state index contributed by atoms with van der Waals surface area (Å²) in [7, 11) is -0.477. The molecule has 1 aliphatic carbocycles. The molecule has 0 aromatic carbocycles. The number of anilines is 1. The van der Waals surface area contributed by atoms with Crippen LogP contribution in [-0.2, 0) is 14.2 Å². The highest BCUT2D eigenvalue weighted by molar-refractivity contribution is 14.1. The maximum absolute atomic E-state index is 6.20. The minimum atomic E-state index is -1.15. The minimum absolute atomic E-state index is 0.376. The number of nitrogens with zero attached hydrogens (tertiary/aromatic N) is 4. The van der Waals surface area contributed by atoms with Gasteiger partial charge in [-0.1, -0.05) is 39.3 Å². The van der Waals surface area contributed by atoms with E-state index in [1.54, 1.807) is 0 Å². The van der Waals surface area contributed by atoms with Gasteiger partial charge in [-0.3, -0.25) is 0 Å². The number of hydrogen-bond acceptors (Lipinski definition) is 6. The van der Waals surface area contributed by atoms with Crippen LogP contribution >= 0.6 is 22.6 Å². The van der Waals surface area contributed by atoms with Gasteiger partial charge in [0.25, 0.3) is 0 Å². The van der Waals surface area contributed by atoms with Gasteiger partial charge in [0.1, 0.15) is 19.3 Å². The van der Waals surface area contributed by atoms with Crippen molar-refractivity contribution in [2.24, 2.45) is 0 Å². The van der Waals surface area contributed by atoms with Crippen molar-refractivity contribution in [2.75, 3.05) is 38.7 Å². The van der Waals surface area contributed by atoms with Crippen LogP contribution in [0.4, 0.5) is 5.82 Å². The van der Waals surface area contributed by atoms with Crippen molar-refractivity contribution < 1.29 is 14.2 Å². The van der Waals surface area contributed by atoms with Gasteiger partial charge in [-0.15, -0.1) is 0 Å². The standard InChI is InChI=1S/C25H45IN4O3Si2/c1-31-21-10-8-20(9-11-21)23-16-24(30-25(28-23)22(26)17-27-30)29(18-32-12-14-34(2,3)4)19-33-13-15-35(5,6)7/h16-17,20-21H,8-15,18-19H2,1-7H3. The van der Waals surface area contributed by atoms with Gasteiger partial charge in [0.2, 0.25) is 0 Å². The molecule has 10 heteroatoms. The van der Waals surface area contributed by atoms with E-state index < -0.39 is 16.1 Å². The fraction of sp³-hybridized carbons (Fsp3) is 0.760. The molecule has 0 spiro atoms. The third-order valence-corrected chi connectivity index (χ3v) is 10.8. The van der Waals surface area contributed by atoms with E-state index in [9.17, 15) is 0 Å². The van der Waals surface area contributed by atoms with E-state index in [0.717, 1.165) is 71.7 Å². The third-order valence-electron chi connectivity index (χ3n) is 6.67. The Hall–Kier alpha value is -0.536. The Morgan fingerprint density at radius 3 is 2.06 bits per heavy atom. The zero-order valence-electron chi connectivity index (χ0n) is 22.8. The largest absolute Gasteiger partial charge is 0.381 e. The van der Waals surface area contributed by atoms with Crippen LogP contribution in [0.25, 0.3) is 5.65 Å². The van der Waals surface area contributed by atoms with Gasteiger partial charge in [0.15, 0.2) is 5.65 Å². The summed E-state index contributed by atoms with van der Waals surface area (Å²) in [6.07, 6.45) is 6.65. The molecule has 0 radical (unpaired) electrons. The first-order valence-corrected chi connectivity index (χ1v) is 21.4. The van der Waals surface area contributed by atoms with Crippen molar-refractivity contribution in [3.63, 3.8) is 0 Å². The van der Waals surface area contributed by atoms with Crippen LogP contribution in [0.3, 0.4) is 0 Å². The van der Waals surface area contributed by atoms with Crippen LogP contribution in [0, 0.1) is 3.57 Å². The summed E-state index contributed by atoms with van der Waals surface area (Å²) in [5, 5.41) is 4.67. The lowest BCUT2D eigenvalue weighted by atomic mass is 9.85. The summed E-state index contributed by atoms with van der Waals surface area (Å²) in [5.41, 5.74) is 2.07. The molecule has 1 fully saturated rings. The zero-order chi connectivity index (χ0) is 25.6. The van der Waals surface area contributed by atoms with E-state index in [-0.39, 0.29) is 0 Å².